The van der Waals surface area contributed by atoms with Gasteiger partial charge in [-0.05, 0) is 46.4 Å². The highest BCUT2D eigenvalue weighted by Gasteiger charge is 2.20. The molecule has 36 heavy (non-hydrogen) atoms. The predicted octanol–water partition coefficient (Wildman–Crippen LogP) is 6.75. The normalized spacial score (nSPS) is 10.6. The van der Waals surface area contributed by atoms with Crippen LogP contribution in [0, 0.1) is 12.3 Å². The van der Waals surface area contributed by atoms with Crippen molar-refractivity contribution in [2.24, 2.45) is 0 Å². The molecular formula is C32H23NO3. The Morgan fingerprint density at radius 2 is 1.47 bits per heavy atom. The maximum absolute atomic E-state index is 11.9. The predicted molar refractivity (Wildman–Crippen MR) is 142 cm³/mol. The lowest BCUT2D eigenvalue weighted by Gasteiger charge is -2.15. The van der Waals surface area contributed by atoms with E-state index in [0.717, 1.165) is 22.1 Å². The van der Waals surface area contributed by atoms with Crippen molar-refractivity contribution < 1.29 is 14.6 Å². The number of aromatic nitrogens is 1. The third kappa shape index (κ3) is 4.96. The maximum atomic E-state index is 11.9. The molecule has 3 aromatic carbocycles. The van der Waals surface area contributed by atoms with Crippen molar-refractivity contribution in [3.8, 4) is 29.2 Å². The summed E-state index contributed by atoms with van der Waals surface area (Å²) in [5.41, 5.74) is 6.33. The Morgan fingerprint density at radius 1 is 0.833 bits per heavy atom. The van der Waals surface area contributed by atoms with Crippen LogP contribution in [0.2, 0.25) is 0 Å². The number of carboxylic acids is 1. The number of para-hydroxylation sites is 1. The van der Waals surface area contributed by atoms with E-state index in [1.807, 2.05) is 72.8 Å². The molecule has 6 rings (SSSR count). The van der Waals surface area contributed by atoms with Crippen LogP contribution < -0.4 is 4.74 Å². The van der Waals surface area contributed by atoms with E-state index in [9.17, 15) is 9.90 Å². The molecule has 4 nitrogen and oxygen atoms in total. The first-order valence-corrected chi connectivity index (χ1v) is 11.6. The second-order valence-corrected chi connectivity index (χ2v) is 8.43. The second kappa shape index (κ2) is 10.2. The van der Waals surface area contributed by atoms with Crippen LogP contribution in [0.15, 0.2) is 103 Å². The number of hydrogen-bond donors (Lipinski definition) is 1. The van der Waals surface area contributed by atoms with Crippen molar-refractivity contribution >= 4 is 16.9 Å². The van der Waals surface area contributed by atoms with Crippen LogP contribution in [0.3, 0.4) is 0 Å². The molecule has 1 heterocycles. The van der Waals surface area contributed by atoms with Crippen molar-refractivity contribution in [2.75, 3.05) is 0 Å². The zero-order valence-electron chi connectivity index (χ0n) is 19.5. The van der Waals surface area contributed by atoms with Gasteiger partial charge in [-0.3, -0.25) is 0 Å². The molecule has 0 unspecified atom stereocenters. The van der Waals surface area contributed by atoms with Crippen LogP contribution in [0.25, 0.3) is 22.0 Å². The minimum Gasteiger partial charge on any atom is -0.487 e. The van der Waals surface area contributed by atoms with Gasteiger partial charge in [0.2, 0.25) is 0 Å². The molecule has 0 radical (unpaired) electrons. The molecule has 0 saturated carbocycles. The van der Waals surface area contributed by atoms with Gasteiger partial charge < -0.3 is 9.84 Å². The molecule has 0 amide bonds. The lowest BCUT2D eigenvalue weighted by Crippen LogP contribution is -2.09. The number of fused-ring (bicyclic) bond motifs is 2. The van der Waals surface area contributed by atoms with Gasteiger partial charge >= 0.3 is 5.97 Å². The molecular weight excluding hydrogens is 446 g/mol. The Morgan fingerprint density at radius 3 is 2.03 bits per heavy atom. The summed E-state index contributed by atoms with van der Waals surface area (Å²) in [6, 6.07) is 33.6. The van der Waals surface area contributed by atoms with Gasteiger partial charge in [-0.1, -0.05) is 96.9 Å². The van der Waals surface area contributed by atoms with Gasteiger partial charge in [0.1, 0.15) is 17.9 Å². The summed E-state index contributed by atoms with van der Waals surface area (Å²) in [5.74, 6) is 1.92. The van der Waals surface area contributed by atoms with Crippen molar-refractivity contribution in [3.63, 3.8) is 0 Å². The van der Waals surface area contributed by atoms with Crippen molar-refractivity contribution in [3.05, 3.63) is 131 Å². The van der Waals surface area contributed by atoms with Crippen LogP contribution in [0.1, 0.15) is 32.7 Å². The summed E-state index contributed by atoms with van der Waals surface area (Å²) in [6.45, 7) is 0.356. The Bertz CT molecular complexity index is 1570. The van der Waals surface area contributed by atoms with Crippen molar-refractivity contribution in [1.29, 1.82) is 0 Å². The zero-order valence-corrected chi connectivity index (χ0v) is 19.5. The largest absolute Gasteiger partial charge is 0.487 e. The maximum Gasteiger partial charge on any atom is 0.355 e. The van der Waals surface area contributed by atoms with Gasteiger partial charge in [0.15, 0.2) is 5.69 Å². The highest BCUT2D eigenvalue weighted by Crippen LogP contribution is 2.33. The number of nitrogens with zero attached hydrogens (tertiary/aromatic N) is 1. The van der Waals surface area contributed by atoms with Gasteiger partial charge in [0.25, 0.3) is 0 Å². The lowest BCUT2D eigenvalue weighted by atomic mass is 9.94. The average molecular weight is 470 g/mol. The molecule has 4 heteroatoms. The summed E-state index contributed by atoms with van der Waals surface area (Å²) in [5, 5.41) is 10.5. The smallest absolute Gasteiger partial charge is 0.355 e. The summed E-state index contributed by atoms with van der Waals surface area (Å²) >= 11 is 0. The fourth-order valence-electron chi connectivity index (χ4n) is 4.15. The van der Waals surface area contributed by atoms with Gasteiger partial charge in [-0.25, -0.2) is 9.78 Å². The van der Waals surface area contributed by atoms with E-state index < -0.39 is 5.97 Å². The number of carboxylic acid groups (broad SMARTS) is 1. The number of benzene rings is 4. The van der Waals surface area contributed by atoms with Crippen molar-refractivity contribution in [2.45, 2.75) is 13.0 Å². The number of carbonyl (C=O) groups is 1. The minimum absolute atomic E-state index is 0.133. The SMILES string of the molecule is C#Cc1c(C(=O)O)nc2c(OCc3ccccc3)cccc2c1Cc1ccccc1.c1cc2cc-2c1. The van der Waals surface area contributed by atoms with E-state index >= 15 is 0 Å². The molecule has 1 N–H and O–H groups in total. The molecule has 0 fully saturated rings. The lowest BCUT2D eigenvalue weighted by molar-refractivity contribution is 0.0690. The molecule has 0 bridgehead atoms. The zero-order chi connectivity index (χ0) is 24.9. The Hall–Kier alpha value is -4.88. The van der Waals surface area contributed by atoms with Gasteiger partial charge in [0, 0.05) is 5.39 Å². The van der Waals surface area contributed by atoms with Gasteiger partial charge in [0.05, 0.1) is 5.56 Å². The van der Waals surface area contributed by atoms with Crippen LogP contribution in [-0.2, 0) is 13.0 Å². The van der Waals surface area contributed by atoms with Crippen LogP contribution in [0.4, 0.5) is 0 Å². The third-order valence-corrected chi connectivity index (χ3v) is 6.01. The first-order chi connectivity index (χ1) is 17.6. The molecule has 0 spiro atoms. The molecule has 0 aliphatic heterocycles. The Labute approximate surface area is 209 Å². The summed E-state index contributed by atoms with van der Waals surface area (Å²) in [6.07, 6.45) is 6.22. The van der Waals surface area contributed by atoms with Crippen LogP contribution in [0.5, 0.6) is 5.75 Å². The van der Waals surface area contributed by atoms with Gasteiger partial charge in [-0.15, -0.1) is 6.42 Å². The molecule has 174 valence electrons. The monoisotopic (exact) mass is 469 g/mol. The van der Waals surface area contributed by atoms with Crippen molar-refractivity contribution in [1.82, 2.24) is 4.98 Å². The average Bonchev–Trinajstić information content (AvgIpc) is 3.52. The fraction of sp³-hybridized carbons (Fsp3) is 0.0625. The van der Waals surface area contributed by atoms with E-state index in [1.54, 1.807) is 6.07 Å². The van der Waals surface area contributed by atoms with E-state index in [4.69, 9.17) is 11.2 Å². The fourth-order valence-corrected chi connectivity index (χ4v) is 4.15. The number of aromatic carboxylic acids is 1. The molecule has 2 aliphatic rings. The summed E-state index contributed by atoms with van der Waals surface area (Å²) in [7, 11) is 0. The number of rotatable bonds is 6. The highest BCUT2D eigenvalue weighted by atomic mass is 16.5. The minimum atomic E-state index is -1.16. The third-order valence-electron chi connectivity index (χ3n) is 6.01. The topological polar surface area (TPSA) is 59.4 Å². The molecule has 1 aromatic heterocycles. The summed E-state index contributed by atoms with van der Waals surface area (Å²) < 4.78 is 6.01. The number of terminal acetylenes is 1. The number of hydrogen-bond acceptors (Lipinski definition) is 3. The Kier molecular flexibility index (Phi) is 6.46. The van der Waals surface area contributed by atoms with Crippen LogP contribution in [-0.4, -0.2) is 16.1 Å². The van der Waals surface area contributed by atoms with Gasteiger partial charge in [-0.2, -0.15) is 0 Å². The molecule has 4 aromatic rings. The highest BCUT2D eigenvalue weighted by molar-refractivity contribution is 5.97. The first-order valence-electron chi connectivity index (χ1n) is 11.6. The van der Waals surface area contributed by atoms with Crippen LogP contribution >= 0.6 is 0 Å². The second-order valence-electron chi connectivity index (χ2n) is 8.43. The van der Waals surface area contributed by atoms with E-state index in [1.165, 1.54) is 11.1 Å². The molecule has 0 saturated heterocycles. The van der Waals surface area contributed by atoms with E-state index in [2.05, 4.69) is 35.2 Å². The quantitative estimate of drug-likeness (QED) is 0.274. The molecule has 0 atom stereocenters. The standard InChI is InChI=1S/C26H19NO3.C6H4/c1-2-20-22(16-18-10-5-3-6-11-18)21-14-9-15-23(24(21)27-25(20)26(28)29)30-17-19-12-7-4-8-13-19;1-2-5-4-6(5)3-1/h1,3-15H,16-17H2,(H,28,29);1-4H. The number of pyridine rings is 1. The summed E-state index contributed by atoms with van der Waals surface area (Å²) in [4.78, 5) is 16.3. The van der Waals surface area contributed by atoms with E-state index in [-0.39, 0.29) is 5.69 Å². The Balaban J connectivity index is 0.000000382. The molecule has 2 aliphatic carbocycles. The van der Waals surface area contributed by atoms with E-state index in [0.29, 0.717) is 29.9 Å². The number of ether oxygens (including phenoxy) is 1. The first kappa shape index (κ1) is 22.9.